The highest BCUT2D eigenvalue weighted by atomic mass is 79.9. The molecule has 3 aromatic carbocycles. The van der Waals surface area contributed by atoms with Crippen molar-refractivity contribution in [3.05, 3.63) is 95.0 Å². The van der Waals surface area contributed by atoms with E-state index in [9.17, 15) is 0 Å². The van der Waals surface area contributed by atoms with Crippen molar-refractivity contribution >= 4 is 44.3 Å². The molecule has 0 unspecified atom stereocenters. The van der Waals surface area contributed by atoms with Crippen LogP contribution in [0.4, 0.5) is 5.69 Å². The van der Waals surface area contributed by atoms with Crippen molar-refractivity contribution in [2.75, 3.05) is 12.1 Å². The standard InChI is InChI=1S/C23H20BrN2S/c1-17-7-14-21(15-8-17)27-23-16-9-18-5-3-4-6-22(18)26(23)25(2)20-12-10-19(24)11-13-20/h3-16H,1-2H3/q+1. The van der Waals surface area contributed by atoms with Crippen LogP contribution in [-0.2, 0) is 0 Å². The van der Waals surface area contributed by atoms with Crippen molar-refractivity contribution in [3.8, 4) is 0 Å². The van der Waals surface area contributed by atoms with Gasteiger partial charge in [0.05, 0.1) is 12.7 Å². The lowest BCUT2D eigenvalue weighted by Gasteiger charge is -2.17. The van der Waals surface area contributed by atoms with Crippen LogP contribution < -0.4 is 9.69 Å². The molecule has 0 aliphatic heterocycles. The minimum atomic E-state index is 1.08. The molecule has 0 fully saturated rings. The van der Waals surface area contributed by atoms with E-state index in [4.69, 9.17) is 0 Å². The van der Waals surface area contributed by atoms with Crippen molar-refractivity contribution < 1.29 is 4.68 Å². The van der Waals surface area contributed by atoms with Gasteiger partial charge in [-0.25, -0.2) is 0 Å². The van der Waals surface area contributed by atoms with Crippen LogP contribution in [0.15, 0.2) is 99.3 Å². The van der Waals surface area contributed by atoms with Crippen molar-refractivity contribution in [1.82, 2.24) is 0 Å². The van der Waals surface area contributed by atoms with Crippen molar-refractivity contribution in [2.45, 2.75) is 16.8 Å². The highest BCUT2D eigenvalue weighted by Crippen LogP contribution is 2.28. The minimum absolute atomic E-state index is 1.08. The van der Waals surface area contributed by atoms with Gasteiger partial charge in [0.25, 0.3) is 5.03 Å². The molecule has 4 rings (SSSR count). The molecule has 134 valence electrons. The molecule has 0 atom stereocenters. The quantitative estimate of drug-likeness (QED) is 0.349. The number of hydrogen-bond acceptors (Lipinski definition) is 2. The van der Waals surface area contributed by atoms with Gasteiger partial charge in [0, 0.05) is 26.9 Å². The van der Waals surface area contributed by atoms with Crippen LogP contribution in [0.5, 0.6) is 0 Å². The van der Waals surface area contributed by atoms with Crippen LogP contribution in [0, 0.1) is 6.92 Å². The predicted molar refractivity (Wildman–Crippen MR) is 117 cm³/mol. The first-order valence-electron chi connectivity index (χ1n) is 8.80. The molecule has 0 bridgehead atoms. The number of hydrogen-bond donors (Lipinski definition) is 0. The summed E-state index contributed by atoms with van der Waals surface area (Å²) >= 11 is 5.30. The van der Waals surface area contributed by atoms with Crippen molar-refractivity contribution in [2.24, 2.45) is 0 Å². The number of benzene rings is 3. The van der Waals surface area contributed by atoms with E-state index < -0.39 is 0 Å². The van der Waals surface area contributed by atoms with Gasteiger partial charge in [-0.1, -0.05) is 50.4 Å². The summed E-state index contributed by atoms with van der Waals surface area (Å²) in [5.74, 6) is 0. The van der Waals surface area contributed by atoms with Gasteiger partial charge in [-0.3, -0.25) is 0 Å². The Morgan fingerprint density at radius 2 is 1.52 bits per heavy atom. The molecule has 0 N–H and O–H groups in total. The lowest BCUT2D eigenvalue weighted by molar-refractivity contribution is -0.692. The van der Waals surface area contributed by atoms with E-state index in [2.05, 4.69) is 125 Å². The van der Waals surface area contributed by atoms with Crippen LogP contribution in [0.1, 0.15) is 5.56 Å². The summed E-state index contributed by atoms with van der Waals surface area (Å²) in [6.45, 7) is 2.12. The van der Waals surface area contributed by atoms with Crippen molar-refractivity contribution in [3.63, 3.8) is 0 Å². The van der Waals surface area contributed by atoms with Gasteiger partial charge < -0.3 is 0 Å². The highest BCUT2D eigenvalue weighted by Gasteiger charge is 2.22. The van der Waals surface area contributed by atoms with Gasteiger partial charge in [0.2, 0.25) is 5.52 Å². The lowest BCUT2D eigenvalue weighted by atomic mass is 10.2. The molecule has 1 aromatic heterocycles. The molecule has 0 aliphatic carbocycles. The molecule has 1 heterocycles. The second-order valence-corrected chi connectivity index (χ2v) is 8.47. The number of fused-ring (bicyclic) bond motifs is 1. The molecule has 0 saturated carbocycles. The van der Waals surface area contributed by atoms with Gasteiger partial charge in [-0.15, -0.1) is 0 Å². The number of halogens is 1. The fourth-order valence-corrected chi connectivity index (χ4v) is 4.28. The van der Waals surface area contributed by atoms with Crippen LogP contribution in [0.2, 0.25) is 0 Å². The first-order valence-corrected chi connectivity index (χ1v) is 10.4. The summed E-state index contributed by atoms with van der Waals surface area (Å²) < 4.78 is 3.36. The normalized spacial score (nSPS) is 10.9. The first kappa shape index (κ1) is 18.1. The fraction of sp³-hybridized carbons (Fsp3) is 0.0870. The van der Waals surface area contributed by atoms with Crippen LogP contribution in [0.3, 0.4) is 0 Å². The molecule has 0 spiro atoms. The molecule has 0 amide bonds. The van der Waals surface area contributed by atoms with E-state index >= 15 is 0 Å². The minimum Gasteiger partial charge on any atom is -0.150 e. The maximum atomic E-state index is 3.53. The summed E-state index contributed by atoms with van der Waals surface area (Å²) in [7, 11) is 2.11. The Kier molecular flexibility index (Phi) is 5.19. The Labute approximate surface area is 172 Å². The third-order valence-electron chi connectivity index (χ3n) is 4.52. The zero-order valence-corrected chi connectivity index (χ0v) is 17.7. The Morgan fingerprint density at radius 1 is 0.815 bits per heavy atom. The number of rotatable bonds is 4. The van der Waals surface area contributed by atoms with Crippen LogP contribution in [0.25, 0.3) is 10.9 Å². The summed E-state index contributed by atoms with van der Waals surface area (Å²) in [6.07, 6.45) is 0. The number of para-hydroxylation sites is 1. The molecule has 4 aromatic rings. The number of anilines is 1. The van der Waals surface area contributed by atoms with E-state index in [0.717, 1.165) is 10.2 Å². The van der Waals surface area contributed by atoms with Crippen LogP contribution in [-0.4, -0.2) is 7.05 Å². The average molecular weight is 436 g/mol. The third-order valence-corrected chi connectivity index (χ3v) is 6.08. The maximum Gasteiger partial charge on any atom is 0.275 e. The molecule has 0 radical (unpaired) electrons. The summed E-state index contributed by atoms with van der Waals surface area (Å²) in [5, 5.41) is 4.59. The Balaban J connectivity index is 1.84. The predicted octanol–water partition coefficient (Wildman–Crippen LogP) is 6.25. The number of nitrogens with zero attached hydrogens (tertiary/aromatic N) is 2. The zero-order valence-electron chi connectivity index (χ0n) is 15.3. The number of aromatic nitrogens is 1. The fourth-order valence-electron chi connectivity index (χ4n) is 3.06. The van der Waals surface area contributed by atoms with Gasteiger partial charge in [0.1, 0.15) is 0 Å². The average Bonchev–Trinajstić information content (AvgIpc) is 2.69. The van der Waals surface area contributed by atoms with Gasteiger partial charge in [-0.05, 0) is 67.2 Å². The van der Waals surface area contributed by atoms with Crippen LogP contribution >= 0.6 is 27.7 Å². The lowest BCUT2D eigenvalue weighted by Crippen LogP contribution is -2.54. The van der Waals surface area contributed by atoms with E-state index in [1.165, 1.54) is 26.4 Å². The number of aryl methyl sites for hydroxylation is 1. The molecule has 0 saturated heterocycles. The summed E-state index contributed by atoms with van der Waals surface area (Å²) in [4.78, 5) is 1.23. The molecular weight excluding hydrogens is 416 g/mol. The van der Waals surface area contributed by atoms with E-state index in [1.54, 1.807) is 11.8 Å². The smallest absolute Gasteiger partial charge is 0.150 e. The largest absolute Gasteiger partial charge is 0.275 e. The second kappa shape index (κ2) is 7.75. The first-order chi connectivity index (χ1) is 13.1. The molecule has 4 heteroatoms. The Hall–Kier alpha value is -2.30. The van der Waals surface area contributed by atoms with Gasteiger partial charge >= 0.3 is 0 Å². The number of pyridine rings is 1. The monoisotopic (exact) mass is 435 g/mol. The summed E-state index contributed by atoms with van der Waals surface area (Å²) in [6, 6.07) is 30.0. The van der Waals surface area contributed by atoms with E-state index in [1.807, 2.05) is 0 Å². The molecule has 0 aliphatic rings. The highest BCUT2D eigenvalue weighted by molar-refractivity contribution is 9.10. The Bertz CT molecular complexity index is 1080. The zero-order chi connectivity index (χ0) is 18.8. The SMILES string of the molecule is Cc1ccc(Sc2ccc3ccccc3[n+]2N(C)c2ccc(Br)cc2)cc1. The van der Waals surface area contributed by atoms with Crippen molar-refractivity contribution in [1.29, 1.82) is 0 Å². The molecule has 2 nitrogen and oxygen atoms in total. The third kappa shape index (κ3) is 3.87. The van der Waals surface area contributed by atoms with Gasteiger partial charge in [0.15, 0.2) is 0 Å². The van der Waals surface area contributed by atoms with Gasteiger partial charge in [-0.2, -0.15) is 5.01 Å². The summed E-state index contributed by atoms with van der Waals surface area (Å²) in [5.41, 5.74) is 3.59. The Morgan fingerprint density at radius 3 is 2.26 bits per heavy atom. The van der Waals surface area contributed by atoms with E-state index in [0.29, 0.717) is 0 Å². The molecule has 27 heavy (non-hydrogen) atoms. The molecular formula is C23H20BrN2S+. The maximum absolute atomic E-state index is 3.53. The topological polar surface area (TPSA) is 7.12 Å². The second-order valence-electron chi connectivity index (χ2n) is 6.46. The van der Waals surface area contributed by atoms with E-state index in [-0.39, 0.29) is 0 Å².